The maximum absolute atomic E-state index is 13.9. The molecule has 0 bridgehead atoms. The number of aliphatic hydroxyl groups is 1. The third kappa shape index (κ3) is 3.99. The molecule has 1 atom stereocenters. The Morgan fingerprint density at radius 3 is 2.76 bits per heavy atom. The molecule has 0 saturated heterocycles. The largest absolute Gasteiger partial charge is 0.503 e. The zero-order chi connectivity index (χ0) is 22.9. The summed E-state index contributed by atoms with van der Waals surface area (Å²) in [5, 5.41) is 20.9. The van der Waals surface area contributed by atoms with Gasteiger partial charge in [0.1, 0.15) is 11.9 Å². The van der Waals surface area contributed by atoms with Gasteiger partial charge in [0.15, 0.2) is 15.9 Å². The number of thioether (sulfide) groups is 1. The number of hydrogen-bond acceptors (Lipinski definition) is 9. The Hall–Kier alpha value is -3.28. The number of anilines is 1. The van der Waals surface area contributed by atoms with Gasteiger partial charge in [0.25, 0.3) is 5.91 Å². The van der Waals surface area contributed by atoms with E-state index in [1.165, 1.54) is 46.4 Å². The molecule has 5 rings (SSSR count). The minimum atomic E-state index is -0.868. The van der Waals surface area contributed by atoms with Crippen molar-refractivity contribution in [3.63, 3.8) is 0 Å². The van der Waals surface area contributed by atoms with E-state index in [1.807, 2.05) is 5.38 Å². The molecule has 0 fully saturated rings. The zero-order valence-corrected chi connectivity index (χ0v) is 19.1. The minimum Gasteiger partial charge on any atom is -0.503 e. The molecular formula is C22H14FN3O4S3. The number of benzene rings is 1. The summed E-state index contributed by atoms with van der Waals surface area (Å²) in [6.07, 6.45) is 1.35. The molecule has 1 unspecified atom stereocenters. The SMILES string of the molecule is O=C(C1=C(O)C(=O)N(c2nnc(SCc3ccccc3F)s2)C1c1cccs1)c1ccco1. The summed E-state index contributed by atoms with van der Waals surface area (Å²) in [5.41, 5.74) is 0.451. The molecule has 1 aliphatic rings. The molecular weight excluding hydrogens is 485 g/mol. The van der Waals surface area contributed by atoms with Gasteiger partial charge in [0, 0.05) is 10.6 Å². The molecule has 0 aliphatic carbocycles. The van der Waals surface area contributed by atoms with E-state index in [9.17, 15) is 19.1 Å². The van der Waals surface area contributed by atoms with Crippen molar-refractivity contribution in [2.75, 3.05) is 4.90 Å². The standard InChI is InChI=1S/C22H14FN3O4S3/c23-13-6-2-1-5-12(13)11-32-22-25-24-21(33-22)26-17(15-8-4-10-31-15)16(19(28)20(26)29)18(27)14-7-3-9-30-14/h1-10,17,28H,11H2. The first-order chi connectivity index (χ1) is 16.0. The van der Waals surface area contributed by atoms with Gasteiger partial charge in [-0.15, -0.1) is 21.5 Å². The van der Waals surface area contributed by atoms with Crippen LogP contribution >= 0.6 is 34.4 Å². The second-order valence-electron chi connectivity index (χ2n) is 6.89. The topological polar surface area (TPSA) is 96.5 Å². The van der Waals surface area contributed by atoms with Crippen molar-refractivity contribution in [3.05, 3.63) is 93.5 Å². The first kappa shape index (κ1) is 21.6. The number of nitrogens with zero attached hydrogens (tertiary/aromatic N) is 3. The summed E-state index contributed by atoms with van der Waals surface area (Å²) in [6.45, 7) is 0. The van der Waals surface area contributed by atoms with Crippen molar-refractivity contribution in [2.24, 2.45) is 0 Å². The highest BCUT2D eigenvalue weighted by molar-refractivity contribution is 8.00. The fraction of sp³-hybridized carbons (Fsp3) is 0.0909. The minimum absolute atomic E-state index is 0.0196. The van der Waals surface area contributed by atoms with Gasteiger partial charge < -0.3 is 9.52 Å². The van der Waals surface area contributed by atoms with E-state index < -0.39 is 23.5 Å². The third-order valence-corrected chi connectivity index (χ3v) is 7.95. The average Bonchev–Trinajstić information content (AvgIpc) is 3.61. The molecule has 3 aromatic heterocycles. The second-order valence-corrected chi connectivity index (χ2v) is 10.1. The van der Waals surface area contributed by atoms with E-state index >= 15 is 0 Å². The van der Waals surface area contributed by atoms with Gasteiger partial charge in [0.2, 0.25) is 10.9 Å². The first-order valence-corrected chi connectivity index (χ1v) is 12.3. The van der Waals surface area contributed by atoms with E-state index in [-0.39, 0.29) is 22.3 Å². The van der Waals surface area contributed by atoms with Crippen LogP contribution in [0.4, 0.5) is 9.52 Å². The lowest BCUT2D eigenvalue weighted by Crippen LogP contribution is -2.30. The van der Waals surface area contributed by atoms with Crippen LogP contribution in [0.25, 0.3) is 0 Å². The van der Waals surface area contributed by atoms with Crippen LogP contribution in [0, 0.1) is 5.82 Å². The van der Waals surface area contributed by atoms with Gasteiger partial charge in [-0.2, -0.15) is 0 Å². The quantitative estimate of drug-likeness (QED) is 0.206. The number of aromatic nitrogens is 2. The highest BCUT2D eigenvalue weighted by Crippen LogP contribution is 2.45. The fourth-order valence-corrected chi connectivity index (χ4v) is 6.08. The van der Waals surface area contributed by atoms with Crippen LogP contribution in [-0.4, -0.2) is 27.0 Å². The molecule has 1 aromatic carbocycles. The summed E-state index contributed by atoms with van der Waals surface area (Å²) >= 11 is 3.76. The molecule has 1 N–H and O–H groups in total. The maximum Gasteiger partial charge on any atom is 0.296 e. The Kier molecular flexibility index (Phi) is 5.83. The van der Waals surface area contributed by atoms with Gasteiger partial charge >= 0.3 is 0 Å². The van der Waals surface area contributed by atoms with Gasteiger partial charge in [-0.25, -0.2) is 4.39 Å². The lowest BCUT2D eigenvalue weighted by atomic mass is 10.0. The molecule has 166 valence electrons. The van der Waals surface area contributed by atoms with E-state index in [0.29, 0.717) is 20.5 Å². The van der Waals surface area contributed by atoms with E-state index in [0.717, 1.165) is 11.3 Å². The number of aliphatic hydroxyl groups excluding tert-OH is 1. The Labute approximate surface area is 199 Å². The fourth-order valence-electron chi connectivity index (χ4n) is 3.40. The number of carbonyl (C=O) groups excluding carboxylic acids is 2. The van der Waals surface area contributed by atoms with Crippen molar-refractivity contribution in [2.45, 2.75) is 16.1 Å². The predicted molar refractivity (Wildman–Crippen MR) is 123 cm³/mol. The van der Waals surface area contributed by atoms with E-state index in [2.05, 4.69) is 10.2 Å². The van der Waals surface area contributed by atoms with E-state index in [4.69, 9.17) is 4.42 Å². The molecule has 0 saturated carbocycles. The van der Waals surface area contributed by atoms with Crippen molar-refractivity contribution >= 4 is 51.3 Å². The number of carbonyl (C=O) groups is 2. The number of ketones is 1. The van der Waals surface area contributed by atoms with Crippen molar-refractivity contribution < 1.29 is 23.5 Å². The number of furan rings is 1. The highest BCUT2D eigenvalue weighted by Gasteiger charge is 2.47. The number of hydrogen-bond donors (Lipinski definition) is 1. The monoisotopic (exact) mass is 499 g/mol. The van der Waals surface area contributed by atoms with Crippen molar-refractivity contribution in [1.29, 1.82) is 0 Å². The third-order valence-electron chi connectivity index (χ3n) is 4.92. The van der Waals surface area contributed by atoms with Crippen LogP contribution in [0.3, 0.4) is 0 Å². The number of Topliss-reactive ketones (excluding diaryl/α,β-unsaturated/α-hetero) is 1. The lowest BCUT2D eigenvalue weighted by Gasteiger charge is -2.22. The molecule has 4 heterocycles. The molecule has 1 amide bonds. The second kappa shape index (κ2) is 8.93. The Bertz CT molecular complexity index is 1350. The van der Waals surface area contributed by atoms with Gasteiger partial charge in [-0.05, 0) is 35.2 Å². The predicted octanol–water partition coefficient (Wildman–Crippen LogP) is 5.41. The molecule has 0 spiro atoms. The molecule has 0 radical (unpaired) electrons. The van der Waals surface area contributed by atoms with Crippen LogP contribution in [0.2, 0.25) is 0 Å². The smallest absolute Gasteiger partial charge is 0.296 e. The Morgan fingerprint density at radius 1 is 1.18 bits per heavy atom. The molecule has 33 heavy (non-hydrogen) atoms. The summed E-state index contributed by atoms with van der Waals surface area (Å²) in [5.74, 6) is -1.92. The zero-order valence-electron chi connectivity index (χ0n) is 16.7. The Morgan fingerprint density at radius 2 is 2.03 bits per heavy atom. The lowest BCUT2D eigenvalue weighted by molar-refractivity contribution is -0.117. The first-order valence-electron chi connectivity index (χ1n) is 9.62. The normalized spacial score (nSPS) is 16.1. The number of thiophene rings is 1. The van der Waals surface area contributed by atoms with Crippen molar-refractivity contribution in [3.8, 4) is 0 Å². The molecule has 1 aliphatic heterocycles. The van der Waals surface area contributed by atoms with Crippen LogP contribution in [0.1, 0.15) is 27.0 Å². The van der Waals surface area contributed by atoms with Crippen molar-refractivity contribution in [1.82, 2.24) is 10.2 Å². The summed E-state index contributed by atoms with van der Waals surface area (Å²) in [7, 11) is 0. The molecule has 4 aromatic rings. The van der Waals surface area contributed by atoms with E-state index in [1.54, 1.807) is 36.4 Å². The summed E-state index contributed by atoms with van der Waals surface area (Å²) in [4.78, 5) is 28.1. The van der Waals surface area contributed by atoms with Crippen LogP contribution < -0.4 is 4.90 Å². The summed E-state index contributed by atoms with van der Waals surface area (Å²) in [6, 6.07) is 12.2. The number of rotatable bonds is 7. The van der Waals surface area contributed by atoms with Gasteiger partial charge in [-0.1, -0.05) is 47.4 Å². The molecule has 7 nitrogen and oxygen atoms in total. The maximum atomic E-state index is 13.9. The number of amides is 1. The van der Waals surface area contributed by atoms with Gasteiger partial charge in [0.05, 0.1) is 11.8 Å². The number of halogens is 1. The summed E-state index contributed by atoms with van der Waals surface area (Å²) < 4.78 is 19.6. The highest BCUT2D eigenvalue weighted by atomic mass is 32.2. The van der Waals surface area contributed by atoms with Crippen LogP contribution in [0.15, 0.2) is 80.3 Å². The average molecular weight is 500 g/mol. The molecule has 11 heteroatoms. The van der Waals surface area contributed by atoms with Crippen LogP contribution in [-0.2, 0) is 10.5 Å². The Balaban J connectivity index is 1.46. The van der Waals surface area contributed by atoms with Gasteiger partial charge in [-0.3, -0.25) is 14.5 Å². The van der Waals surface area contributed by atoms with Crippen LogP contribution in [0.5, 0.6) is 0 Å².